The number of aromatic nitrogens is 1. The summed E-state index contributed by atoms with van der Waals surface area (Å²) in [6.45, 7) is 0. The van der Waals surface area contributed by atoms with Gasteiger partial charge in [0.2, 0.25) is 0 Å². The Labute approximate surface area is 104 Å². The normalized spacial score (nSPS) is 10.2. The molecule has 0 aliphatic heterocycles. The Hall–Kier alpha value is -2.30. The molecular formula is C13H13NO4. The summed E-state index contributed by atoms with van der Waals surface area (Å²) in [5, 5.41) is 0.788. The second-order valence-corrected chi connectivity index (χ2v) is 3.62. The van der Waals surface area contributed by atoms with E-state index in [4.69, 9.17) is 9.47 Å². The van der Waals surface area contributed by atoms with Crippen LogP contribution in [-0.4, -0.2) is 32.3 Å². The van der Waals surface area contributed by atoms with E-state index in [1.165, 1.54) is 13.3 Å². The van der Waals surface area contributed by atoms with Crippen LogP contribution in [0.2, 0.25) is 0 Å². The van der Waals surface area contributed by atoms with Crippen molar-refractivity contribution in [2.75, 3.05) is 21.3 Å². The van der Waals surface area contributed by atoms with Crippen molar-refractivity contribution in [1.82, 2.24) is 4.98 Å². The van der Waals surface area contributed by atoms with Gasteiger partial charge in [-0.15, -0.1) is 0 Å². The van der Waals surface area contributed by atoms with Crippen LogP contribution in [0.3, 0.4) is 0 Å². The Kier molecular flexibility index (Phi) is 3.32. The molecule has 2 aromatic rings. The monoisotopic (exact) mass is 247 g/mol. The maximum Gasteiger partial charge on any atom is 0.339 e. The molecule has 94 valence electrons. The van der Waals surface area contributed by atoms with E-state index in [-0.39, 0.29) is 0 Å². The molecule has 0 saturated carbocycles. The van der Waals surface area contributed by atoms with Crippen molar-refractivity contribution < 1.29 is 19.0 Å². The predicted molar refractivity (Wildman–Crippen MR) is 66.2 cm³/mol. The van der Waals surface area contributed by atoms with Crippen LogP contribution >= 0.6 is 0 Å². The van der Waals surface area contributed by atoms with Gasteiger partial charge < -0.3 is 14.2 Å². The van der Waals surface area contributed by atoms with E-state index in [9.17, 15) is 4.79 Å². The first kappa shape index (κ1) is 12.2. The molecule has 0 fully saturated rings. The van der Waals surface area contributed by atoms with Gasteiger partial charge in [-0.05, 0) is 12.1 Å². The summed E-state index contributed by atoms with van der Waals surface area (Å²) in [7, 11) is 4.45. The summed E-state index contributed by atoms with van der Waals surface area (Å²) < 4.78 is 15.0. The summed E-state index contributed by atoms with van der Waals surface area (Å²) in [6.07, 6.45) is 1.47. The summed E-state index contributed by atoms with van der Waals surface area (Å²) in [5.74, 6) is 0.774. The minimum absolute atomic E-state index is 0.400. The Balaban J connectivity index is 2.59. The first-order chi connectivity index (χ1) is 8.69. The number of rotatable bonds is 3. The van der Waals surface area contributed by atoms with Gasteiger partial charge in [0.15, 0.2) is 11.5 Å². The number of fused-ring (bicyclic) bond motifs is 1. The largest absolute Gasteiger partial charge is 0.493 e. The molecule has 0 bridgehead atoms. The number of pyridine rings is 1. The van der Waals surface area contributed by atoms with Crippen LogP contribution in [0.1, 0.15) is 10.4 Å². The second-order valence-electron chi connectivity index (χ2n) is 3.62. The smallest absolute Gasteiger partial charge is 0.339 e. The number of ether oxygens (including phenoxy) is 3. The SMILES string of the molecule is COC(=O)c1cnc2cc(OC)c(OC)cc2c1. The van der Waals surface area contributed by atoms with Crippen molar-refractivity contribution in [1.29, 1.82) is 0 Å². The van der Waals surface area contributed by atoms with Gasteiger partial charge in [-0.2, -0.15) is 0 Å². The number of hydrogen-bond donors (Lipinski definition) is 0. The first-order valence-corrected chi connectivity index (χ1v) is 5.29. The third-order valence-electron chi connectivity index (χ3n) is 2.61. The average molecular weight is 247 g/mol. The van der Waals surface area contributed by atoms with E-state index in [2.05, 4.69) is 9.72 Å². The molecule has 2 rings (SSSR count). The molecular weight excluding hydrogens is 234 g/mol. The van der Waals surface area contributed by atoms with Gasteiger partial charge in [-0.1, -0.05) is 0 Å². The van der Waals surface area contributed by atoms with Crippen molar-refractivity contribution in [3.8, 4) is 11.5 Å². The number of carbonyl (C=O) groups excluding carboxylic acids is 1. The molecule has 0 atom stereocenters. The zero-order valence-corrected chi connectivity index (χ0v) is 10.4. The highest BCUT2D eigenvalue weighted by atomic mass is 16.5. The molecule has 0 spiro atoms. The molecule has 0 amide bonds. The van der Waals surface area contributed by atoms with Gasteiger partial charge in [0, 0.05) is 17.6 Å². The average Bonchev–Trinajstić information content (AvgIpc) is 2.44. The third kappa shape index (κ3) is 2.07. The predicted octanol–water partition coefficient (Wildman–Crippen LogP) is 2.04. The first-order valence-electron chi connectivity index (χ1n) is 5.29. The lowest BCUT2D eigenvalue weighted by Crippen LogP contribution is -2.01. The van der Waals surface area contributed by atoms with Gasteiger partial charge in [0.1, 0.15) is 0 Å². The zero-order valence-electron chi connectivity index (χ0n) is 10.4. The summed E-state index contributed by atoms with van der Waals surface area (Å²) >= 11 is 0. The highest BCUT2D eigenvalue weighted by Gasteiger charge is 2.10. The molecule has 0 N–H and O–H groups in total. The van der Waals surface area contributed by atoms with Gasteiger partial charge in [-0.3, -0.25) is 4.98 Å². The molecule has 0 aliphatic rings. The molecule has 0 aliphatic carbocycles. The van der Waals surface area contributed by atoms with E-state index >= 15 is 0 Å². The lowest BCUT2D eigenvalue weighted by molar-refractivity contribution is 0.0600. The van der Waals surface area contributed by atoms with Crippen LogP contribution in [0.25, 0.3) is 10.9 Å². The summed E-state index contributed by atoms with van der Waals surface area (Å²) in [5.41, 5.74) is 1.12. The quantitative estimate of drug-likeness (QED) is 0.777. The van der Waals surface area contributed by atoms with Crippen LogP contribution < -0.4 is 9.47 Å². The number of methoxy groups -OCH3 is 3. The van der Waals surface area contributed by atoms with E-state index < -0.39 is 5.97 Å². The Morgan fingerprint density at radius 2 is 1.72 bits per heavy atom. The Morgan fingerprint density at radius 3 is 2.33 bits per heavy atom. The highest BCUT2D eigenvalue weighted by molar-refractivity contribution is 5.94. The molecule has 0 radical (unpaired) electrons. The molecule has 1 aromatic carbocycles. The van der Waals surface area contributed by atoms with Crippen molar-refractivity contribution in [3.63, 3.8) is 0 Å². The van der Waals surface area contributed by atoms with Gasteiger partial charge in [0.25, 0.3) is 0 Å². The number of benzene rings is 1. The number of esters is 1. The van der Waals surface area contributed by atoms with Crippen molar-refractivity contribution >= 4 is 16.9 Å². The van der Waals surface area contributed by atoms with E-state index in [1.807, 2.05) is 0 Å². The molecule has 18 heavy (non-hydrogen) atoms. The fourth-order valence-corrected chi connectivity index (χ4v) is 1.68. The van der Waals surface area contributed by atoms with Crippen LogP contribution in [0.5, 0.6) is 11.5 Å². The number of hydrogen-bond acceptors (Lipinski definition) is 5. The van der Waals surface area contributed by atoms with Crippen LogP contribution in [0.4, 0.5) is 0 Å². The number of nitrogens with zero attached hydrogens (tertiary/aromatic N) is 1. The summed E-state index contributed by atoms with van der Waals surface area (Å²) in [4.78, 5) is 15.6. The standard InChI is InChI=1S/C13H13NO4/c1-16-11-5-8-4-9(13(15)18-3)7-14-10(8)6-12(11)17-2/h4-7H,1-3H3. The van der Waals surface area contributed by atoms with Crippen molar-refractivity contribution in [2.45, 2.75) is 0 Å². The second kappa shape index (κ2) is 4.91. The van der Waals surface area contributed by atoms with E-state index in [0.717, 1.165) is 10.9 Å². The van der Waals surface area contributed by atoms with Gasteiger partial charge in [-0.25, -0.2) is 4.79 Å². The minimum atomic E-state index is -0.417. The maximum absolute atomic E-state index is 11.4. The van der Waals surface area contributed by atoms with Crippen molar-refractivity contribution in [3.05, 3.63) is 30.0 Å². The van der Waals surface area contributed by atoms with E-state index in [0.29, 0.717) is 17.1 Å². The molecule has 0 unspecified atom stereocenters. The Bertz CT molecular complexity index is 595. The molecule has 1 heterocycles. The van der Waals surface area contributed by atoms with Crippen LogP contribution in [0, 0.1) is 0 Å². The molecule has 5 heteroatoms. The van der Waals surface area contributed by atoms with Gasteiger partial charge in [0.05, 0.1) is 32.4 Å². The topological polar surface area (TPSA) is 57.7 Å². The third-order valence-corrected chi connectivity index (χ3v) is 2.61. The van der Waals surface area contributed by atoms with E-state index in [1.54, 1.807) is 32.4 Å². The minimum Gasteiger partial charge on any atom is -0.493 e. The van der Waals surface area contributed by atoms with Crippen LogP contribution in [0.15, 0.2) is 24.4 Å². The molecule has 5 nitrogen and oxygen atoms in total. The molecule has 0 saturated heterocycles. The maximum atomic E-state index is 11.4. The lowest BCUT2D eigenvalue weighted by Gasteiger charge is -2.09. The highest BCUT2D eigenvalue weighted by Crippen LogP contribution is 2.31. The van der Waals surface area contributed by atoms with Crippen molar-refractivity contribution in [2.24, 2.45) is 0 Å². The van der Waals surface area contributed by atoms with Gasteiger partial charge >= 0.3 is 5.97 Å². The fourth-order valence-electron chi connectivity index (χ4n) is 1.68. The fraction of sp³-hybridized carbons (Fsp3) is 0.231. The Morgan fingerprint density at radius 1 is 1.06 bits per heavy atom. The molecule has 1 aromatic heterocycles. The lowest BCUT2D eigenvalue weighted by atomic mass is 10.1. The zero-order chi connectivity index (χ0) is 13.1. The summed E-state index contributed by atoms with van der Waals surface area (Å²) in [6, 6.07) is 5.24. The van der Waals surface area contributed by atoms with Crippen LogP contribution in [-0.2, 0) is 4.74 Å². The number of carbonyl (C=O) groups is 1.